The van der Waals surface area contributed by atoms with E-state index in [4.69, 9.17) is 4.74 Å². The van der Waals surface area contributed by atoms with Crippen molar-refractivity contribution in [1.82, 2.24) is 14.5 Å². The Bertz CT molecular complexity index is 995. The minimum absolute atomic E-state index is 0.187. The first-order valence-electron chi connectivity index (χ1n) is 9.45. The van der Waals surface area contributed by atoms with Gasteiger partial charge in [-0.1, -0.05) is 23.9 Å². The number of fused-ring (bicyclic) bond motifs is 1. The number of imide groups is 1. The zero-order valence-electron chi connectivity index (χ0n) is 16.1. The van der Waals surface area contributed by atoms with Crippen LogP contribution < -0.4 is 4.74 Å². The average molecular weight is 407 g/mol. The van der Waals surface area contributed by atoms with Gasteiger partial charge in [0.2, 0.25) is 0 Å². The summed E-state index contributed by atoms with van der Waals surface area (Å²) in [6.07, 6.45) is 5.36. The number of methoxy groups -OCH3 is 1. The maximum atomic E-state index is 12.4. The van der Waals surface area contributed by atoms with Crippen molar-refractivity contribution in [3.8, 4) is 11.4 Å². The van der Waals surface area contributed by atoms with Crippen molar-refractivity contribution >= 4 is 23.6 Å². The molecule has 4 rings (SSSR count). The minimum Gasteiger partial charge on any atom is -0.497 e. The third-order valence-electron chi connectivity index (χ3n) is 4.84. The van der Waals surface area contributed by atoms with Crippen molar-refractivity contribution in [2.24, 2.45) is 0 Å². The molecule has 0 fully saturated rings. The number of hydrogen-bond donors (Lipinski definition) is 0. The molecule has 148 valence electrons. The lowest BCUT2D eigenvalue weighted by Gasteiger charge is -2.13. The van der Waals surface area contributed by atoms with Gasteiger partial charge in [0.05, 0.1) is 18.2 Å². The van der Waals surface area contributed by atoms with E-state index in [1.807, 2.05) is 35.0 Å². The van der Waals surface area contributed by atoms with E-state index < -0.39 is 0 Å². The molecular formula is C22H21N3O3S. The Morgan fingerprint density at radius 1 is 0.966 bits per heavy atom. The number of ether oxygens (including phenoxy) is 1. The van der Waals surface area contributed by atoms with Gasteiger partial charge in [-0.15, -0.1) is 0 Å². The molecule has 1 aliphatic rings. The van der Waals surface area contributed by atoms with E-state index in [9.17, 15) is 9.59 Å². The normalized spacial score (nSPS) is 13.1. The number of benzene rings is 2. The van der Waals surface area contributed by atoms with E-state index in [2.05, 4.69) is 4.98 Å². The van der Waals surface area contributed by atoms with Crippen LogP contribution in [0.15, 0.2) is 66.1 Å². The van der Waals surface area contributed by atoms with Gasteiger partial charge >= 0.3 is 0 Å². The number of thioether (sulfide) groups is 1. The van der Waals surface area contributed by atoms with E-state index in [0.29, 0.717) is 17.7 Å². The highest BCUT2D eigenvalue weighted by atomic mass is 32.2. The maximum Gasteiger partial charge on any atom is 0.261 e. The third kappa shape index (κ3) is 3.91. The number of rotatable bonds is 8. The average Bonchev–Trinajstić information content (AvgIpc) is 3.32. The van der Waals surface area contributed by atoms with Crippen molar-refractivity contribution < 1.29 is 14.3 Å². The Hall–Kier alpha value is -3.06. The summed E-state index contributed by atoms with van der Waals surface area (Å²) in [7, 11) is 1.65. The van der Waals surface area contributed by atoms with Gasteiger partial charge in [-0.25, -0.2) is 4.98 Å². The standard InChI is InChI=1S/C22H21N3O3S/c1-28-17-10-8-16(9-11-17)24-14-12-23-22(24)29-15-5-4-13-25-20(26)18-6-2-3-7-19(18)21(25)27/h2-3,6-12,14H,4-5,13,15H2,1H3. The number of nitrogens with zero attached hydrogens (tertiary/aromatic N) is 3. The summed E-state index contributed by atoms with van der Waals surface area (Å²) < 4.78 is 7.24. The quantitative estimate of drug-likeness (QED) is 0.320. The number of imidazole rings is 1. The topological polar surface area (TPSA) is 64.4 Å². The van der Waals surface area contributed by atoms with Gasteiger partial charge in [0.25, 0.3) is 11.8 Å². The van der Waals surface area contributed by atoms with Gasteiger partial charge < -0.3 is 4.74 Å². The van der Waals surface area contributed by atoms with Crippen molar-refractivity contribution in [2.75, 3.05) is 19.4 Å². The monoisotopic (exact) mass is 407 g/mol. The van der Waals surface area contributed by atoms with Crippen LogP contribution in [0.1, 0.15) is 33.6 Å². The number of hydrogen-bond acceptors (Lipinski definition) is 5. The van der Waals surface area contributed by atoms with E-state index >= 15 is 0 Å². The molecule has 0 saturated heterocycles. The van der Waals surface area contributed by atoms with Crippen LogP contribution in [0.25, 0.3) is 5.69 Å². The van der Waals surface area contributed by atoms with Crippen LogP contribution >= 0.6 is 11.8 Å². The molecule has 2 amide bonds. The molecule has 0 N–H and O–H groups in total. The fraction of sp³-hybridized carbons (Fsp3) is 0.227. The Morgan fingerprint density at radius 2 is 1.66 bits per heavy atom. The molecule has 29 heavy (non-hydrogen) atoms. The van der Waals surface area contributed by atoms with E-state index in [-0.39, 0.29) is 11.8 Å². The largest absolute Gasteiger partial charge is 0.497 e. The lowest BCUT2D eigenvalue weighted by molar-refractivity contribution is 0.0652. The van der Waals surface area contributed by atoms with Crippen molar-refractivity contribution in [1.29, 1.82) is 0 Å². The van der Waals surface area contributed by atoms with Gasteiger partial charge in [0, 0.05) is 30.4 Å². The van der Waals surface area contributed by atoms with Gasteiger partial charge in [-0.2, -0.15) is 0 Å². The molecule has 7 heteroatoms. The second kappa shape index (κ2) is 8.53. The molecular weight excluding hydrogens is 386 g/mol. The molecule has 1 aromatic heterocycles. The van der Waals surface area contributed by atoms with E-state index in [1.165, 1.54) is 4.90 Å². The zero-order chi connectivity index (χ0) is 20.2. The van der Waals surface area contributed by atoms with Gasteiger partial charge in [0.1, 0.15) is 5.75 Å². The summed E-state index contributed by atoms with van der Waals surface area (Å²) in [6, 6.07) is 14.8. The molecule has 2 aromatic carbocycles. The van der Waals surface area contributed by atoms with Crippen LogP contribution in [0, 0.1) is 0 Å². The van der Waals surface area contributed by atoms with Crippen LogP contribution in [-0.2, 0) is 0 Å². The summed E-state index contributed by atoms with van der Waals surface area (Å²) in [5.41, 5.74) is 2.04. The molecule has 0 bridgehead atoms. The summed E-state index contributed by atoms with van der Waals surface area (Å²) in [5, 5.41) is 0.913. The minimum atomic E-state index is -0.187. The molecule has 3 aromatic rings. The van der Waals surface area contributed by atoms with Gasteiger partial charge in [0.15, 0.2) is 5.16 Å². The van der Waals surface area contributed by atoms with E-state index in [0.717, 1.165) is 35.2 Å². The van der Waals surface area contributed by atoms with Crippen LogP contribution in [0.4, 0.5) is 0 Å². The summed E-state index contributed by atoms with van der Waals surface area (Å²) in [6.45, 7) is 0.444. The molecule has 0 atom stereocenters. The highest BCUT2D eigenvalue weighted by Gasteiger charge is 2.34. The molecule has 0 spiro atoms. The number of unbranched alkanes of at least 4 members (excludes halogenated alkanes) is 1. The van der Waals surface area contributed by atoms with Crippen molar-refractivity contribution in [3.05, 3.63) is 72.1 Å². The van der Waals surface area contributed by atoms with Crippen LogP contribution in [0.5, 0.6) is 5.75 Å². The number of carbonyl (C=O) groups excluding carboxylic acids is 2. The number of aromatic nitrogens is 2. The molecule has 6 nitrogen and oxygen atoms in total. The number of amides is 2. The summed E-state index contributed by atoms with van der Waals surface area (Å²) >= 11 is 1.66. The first kappa shape index (κ1) is 19.3. The summed E-state index contributed by atoms with van der Waals surface area (Å²) in [4.78, 5) is 30.6. The molecule has 2 heterocycles. The molecule has 0 radical (unpaired) electrons. The van der Waals surface area contributed by atoms with Gasteiger partial charge in [-0.05, 0) is 49.2 Å². The highest BCUT2D eigenvalue weighted by Crippen LogP contribution is 2.25. The van der Waals surface area contributed by atoms with Gasteiger partial charge in [-0.3, -0.25) is 19.1 Å². The van der Waals surface area contributed by atoms with Crippen molar-refractivity contribution in [2.45, 2.75) is 18.0 Å². The highest BCUT2D eigenvalue weighted by molar-refractivity contribution is 7.99. The summed E-state index contributed by atoms with van der Waals surface area (Å²) in [5.74, 6) is 1.30. The van der Waals surface area contributed by atoms with Crippen LogP contribution in [0.2, 0.25) is 0 Å². The lowest BCUT2D eigenvalue weighted by atomic mass is 10.1. The number of carbonyl (C=O) groups is 2. The second-order valence-corrected chi connectivity index (χ2v) is 7.70. The van der Waals surface area contributed by atoms with Crippen LogP contribution in [0.3, 0.4) is 0 Å². The second-order valence-electron chi connectivity index (χ2n) is 6.64. The molecule has 0 unspecified atom stereocenters. The first-order chi connectivity index (χ1) is 14.2. The SMILES string of the molecule is COc1ccc(-n2ccnc2SCCCCN2C(=O)c3ccccc3C2=O)cc1. The lowest BCUT2D eigenvalue weighted by Crippen LogP contribution is -2.30. The Labute approximate surface area is 173 Å². The molecule has 0 saturated carbocycles. The predicted octanol–water partition coefficient (Wildman–Crippen LogP) is 4.05. The smallest absolute Gasteiger partial charge is 0.261 e. The Morgan fingerprint density at radius 3 is 2.31 bits per heavy atom. The molecule has 1 aliphatic heterocycles. The fourth-order valence-corrected chi connectivity index (χ4v) is 4.29. The van der Waals surface area contributed by atoms with Crippen molar-refractivity contribution in [3.63, 3.8) is 0 Å². The Balaban J connectivity index is 1.28. The third-order valence-corrected chi connectivity index (χ3v) is 5.90. The zero-order valence-corrected chi connectivity index (χ0v) is 16.9. The maximum absolute atomic E-state index is 12.4. The Kier molecular flexibility index (Phi) is 5.67. The molecule has 0 aliphatic carbocycles. The first-order valence-corrected chi connectivity index (χ1v) is 10.4. The fourth-order valence-electron chi connectivity index (χ4n) is 3.31. The predicted molar refractivity (Wildman–Crippen MR) is 112 cm³/mol. The van der Waals surface area contributed by atoms with Crippen LogP contribution in [-0.4, -0.2) is 45.7 Å². The van der Waals surface area contributed by atoms with E-state index in [1.54, 1.807) is 49.3 Å².